The van der Waals surface area contributed by atoms with Crippen molar-refractivity contribution in [2.24, 2.45) is 0 Å². The Morgan fingerprint density at radius 3 is 2.30 bits per heavy atom. The predicted octanol–water partition coefficient (Wildman–Crippen LogP) is 0.343. The summed E-state index contributed by atoms with van der Waals surface area (Å²) in [7, 11) is 0. The van der Waals surface area contributed by atoms with Crippen molar-refractivity contribution in [2.75, 3.05) is 13.1 Å². The molecule has 62 valence electrons. The molecule has 0 spiro atoms. The molecule has 6 heteroatoms. The van der Waals surface area contributed by atoms with Crippen molar-refractivity contribution >= 4 is 6.98 Å². The van der Waals surface area contributed by atoms with Gasteiger partial charge in [-0.1, -0.05) is 0 Å². The molecule has 0 saturated heterocycles. The first kappa shape index (κ1) is 9.77. The summed E-state index contributed by atoms with van der Waals surface area (Å²) in [4.78, 5) is 0. The third kappa shape index (κ3) is 5.90. The van der Waals surface area contributed by atoms with Crippen LogP contribution in [0.4, 0.5) is 12.9 Å². The molecule has 2 N–H and O–H groups in total. The molecule has 0 bridgehead atoms. The van der Waals surface area contributed by atoms with Gasteiger partial charge in [0.25, 0.3) is 0 Å². The number of rotatable bonds is 4. The van der Waals surface area contributed by atoms with E-state index in [0.717, 1.165) is 0 Å². The fourth-order valence-corrected chi connectivity index (χ4v) is 0.399. The van der Waals surface area contributed by atoms with E-state index in [2.05, 4.69) is 5.32 Å². The van der Waals surface area contributed by atoms with Crippen LogP contribution >= 0.6 is 0 Å². The molecule has 10 heavy (non-hydrogen) atoms. The van der Waals surface area contributed by atoms with Gasteiger partial charge in [0.05, 0.1) is 6.61 Å². The molecule has 0 aliphatic rings. The third-order valence-electron chi connectivity index (χ3n) is 0.972. The minimum Gasteiger partial charge on any atom is -0.448 e. The van der Waals surface area contributed by atoms with Gasteiger partial charge in [-0.25, -0.2) is 0 Å². The molecule has 0 unspecified atom stereocenters. The van der Waals surface area contributed by atoms with Gasteiger partial charge in [-0.05, 0) is 13.4 Å². The molecule has 0 rings (SSSR count). The lowest BCUT2D eigenvalue weighted by Gasteiger charge is -2.17. The van der Waals surface area contributed by atoms with Gasteiger partial charge in [0.1, 0.15) is 0 Å². The highest BCUT2D eigenvalue weighted by Gasteiger charge is 2.22. The van der Waals surface area contributed by atoms with Crippen molar-refractivity contribution in [1.82, 2.24) is 5.32 Å². The monoisotopic (exact) mass is 156 g/mol. The summed E-state index contributed by atoms with van der Waals surface area (Å²) in [6.07, 6.45) is -0.984. The quantitative estimate of drug-likeness (QED) is 0.575. The standard InChI is InChI=1S/C4H10BF3NO/c1-4(2-10)9-3-5(6,7)8/h4,9-10H,2-3H2,1H3/q-1/t4-/m0/s1. The molecule has 0 aliphatic heterocycles. The zero-order chi connectivity index (χ0) is 8.20. The van der Waals surface area contributed by atoms with E-state index >= 15 is 0 Å². The Hall–Kier alpha value is -0.225. The molecule has 0 aliphatic carbocycles. The number of hydrogen-bond donors (Lipinski definition) is 2. The van der Waals surface area contributed by atoms with Crippen LogP contribution in [0, 0.1) is 0 Å². The first-order valence-corrected chi connectivity index (χ1v) is 3.01. The minimum atomic E-state index is -4.76. The largest absolute Gasteiger partial charge is 0.491 e. The average Bonchev–Trinajstić information content (AvgIpc) is 1.81. The molecular weight excluding hydrogens is 146 g/mol. The van der Waals surface area contributed by atoms with Crippen LogP contribution in [0.25, 0.3) is 0 Å². The van der Waals surface area contributed by atoms with Crippen molar-refractivity contribution in [1.29, 1.82) is 0 Å². The SMILES string of the molecule is C[C@@H](CO)NC[B-](F)(F)F. The van der Waals surface area contributed by atoms with Gasteiger partial charge in [0, 0.05) is 6.04 Å². The van der Waals surface area contributed by atoms with Crippen LogP contribution in [0.3, 0.4) is 0 Å². The van der Waals surface area contributed by atoms with E-state index in [1.54, 1.807) is 0 Å². The first-order valence-electron chi connectivity index (χ1n) is 3.01. The van der Waals surface area contributed by atoms with Gasteiger partial charge in [-0.15, -0.1) is 0 Å². The van der Waals surface area contributed by atoms with Gasteiger partial charge < -0.3 is 23.4 Å². The number of aliphatic hydroxyl groups excluding tert-OH is 1. The van der Waals surface area contributed by atoms with E-state index in [4.69, 9.17) is 5.11 Å². The van der Waals surface area contributed by atoms with Crippen molar-refractivity contribution in [2.45, 2.75) is 13.0 Å². The second kappa shape index (κ2) is 3.83. The molecule has 1 atom stereocenters. The highest BCUT2D eigenvalue weighted by Crippen LogP contribution is 2.05. The summed E-state index contributed by atoms with van der Waals surface area (Å²) < 4.78 is 34.4. The Morgan fingerprint density at radius 2 is 2.00 bits per heavy atom. The normalized spacial score (nSPS) is 15.3. The van der Waals surface area contributed by atoms with Crippen LogP contribution in [0.1, 0.15) is 6.92 Å². The molecule has 0 saturated carbocycles. The van der Waals surface area contributed by atoms with Crippen molar-refractivity contribution in [3.8, 4) is 0 Å². The Balaban J connectivity index is 3.36. The fourth-order valence-electron chi connectivity index (χ4n) is 0.399. The second-order valence-corrected chi connectivity index (χ2v) is 2.20. The lowest BCUT2D eigenvalue weighted by atomic mass is 9.92. The molecule has 2 nitrogen and oxygen atoms in total. The van der Waals surface area contributed by atoms with Crippen LogP contribution in [0.2, 0.25) is 0 Å². The topological polar surface area (TPSA) is 32.3 Å². The zero-order valence-electron chi connectivity index (χ0n) is 5.65. The van der Waals surface area contributed by atoms with Gasteiger partial charge >= 0.3 is 6.98 Å². The molecule has 0 fully saturated rings. The Bertz CT molecular complexity index is 97.0. The van der Waals surface area contributed by atoms with E-state index < -0.39 is 19.5 Å². The summed E-state index contributed by atoms with van der Waals surface area (Å²) in [6, 6.07) is -0.483. The zero-order valence-corrected chi connectivity index (χ0v) is 5.65. The maximum Gasteiger partial charge on any atom is 0.491 e. The van der Waals surface area contributed by atoms with Crippen molar-refractivity contribution in [3.05, 3.63) is 0 Å². The van der Waals surface area contributed by atoms with Crippen LogP contribution < -0.4 is 5.32 Å². The van der Waals surface area contributed by atoms with E-state index in [1.165, 1.54) is 6.92 Å². The third-order valence-corrected chi connectivity index (χ3v) is 0.972. The smallest absolute Gasteiger partial charge is 0.448 e. The highest BCUT2D eigenvalue weighted by atomic mass is 19.4. The fraction of sp³-hybridized carbons (Fsp3) is 1.00. The maximum atomic E-state index is 11.5. The number of nitrogens with one attached hydrogen (secondary N) is 1. The Kier molecular flexibility index (Phi) is 3.74. The number of aliphatic hydroxyl groups is 1. The van der Waals surface area contributed by atoms with Crippen LogP contribution in [-0.2, 0) is 0 Å². The number of halogens is 3. The summed E-state index contributed by atoms with van der Waals surface area (Å²) in [5.41, 5.74) is 0. The van der Waals surface area contributed by atoms with E-state index in [9.17, 15) is 12.9 Å². The lowest BCUT2D eigenvalue weighted by molar-refractivity contribution is 0.253. The Labute approximate surface area is 57.5 Å². The molecule has 0 aromatic carbocycles. The summed E-state index contributed by atoms with van der Waals surface area (Å²) in [5.74, 6) is 0. The average molecular weight is 156 g/mol. The van der Waals surface area contributed by atoms with Crippen LogP contribution in [0.15, 0.2) is 0 Å². The van der Waals surface area contributed by atoms with Crippen LogP contribution in [0.5, 0.6) is 0 Å². The minimum absolute atomic E-state index is 0.272. The maximum absolute atomic E-state index is 11.5. The first-order chi connectivity index (χ1) is 4.45. The molecular formula is C4H10BF3NO-. The molecule has 0 aromatic heterocycles. The molecule has 0 aromatic rings. The lowest BCUT2D eigenvalue weighted by Crippen LogP contribution is -2.40. The van der Waals surface area contributed by atoms with E-state index in [0.29, 0.717) is 0 Å². The summed E-state index contributed by atoms with van der Waals surface area (Å²) in [6.45, 7) is -3.55. The van der Waals surface area contributed by atoms with Crippen molar-refractivity contribution in [3.63, 3.8) is 0 Å². The highest BCUT2D eigenvalue weighted by molar-refractivity contribution is 6.58. The van der Waals surface area contributed by atoms with Gasteiger partial charge in [0.15, 0.2) is 0 Å². The van der Waals surface area contributed by atoms with E-state index in [1.807, 2.05) is 0 Å². The predicted molar refractivity (Wildman–Crippen MR) is 33.6 cm³/mol. The second-order valence-electron chi connectivity index (χ2n) is 2.20. The molecule has 0 radical (unpaired) electrons. The van der Waals surface area contributed by atoms with Gasteiger partial charge in [-0.3, -0.25) is 0 Å². The molecule has 0 heterocycles. The molecule has 0 amide bonds. The van der Waals surface area contributed by atoms with Crippen molar-refractivity contribution < 1.29 is 18.1 Å². The van der Waals surface area contributed by atoms with Gasteiger partial charge in [-0.2, -0.15) is 0 Å². The number of hydrogen-bond acceptors (Lipinski definition) is 2. The summed E-state index contributed by atoms with van der Waals surface area (Å²) in [5, 5.41) is 10.4. The van der Waals surface area contributed by atoms with E-state index in [-0.39, 0.29) is 6.61 Å². The Morgan fingerprint density at radius 1 is 1.50 bits per heavy atom. The summed E-state index contributed by atoms with van der Waals surface area (Å²) >= 11 is 0. The van der Waals surface area contributed by atoms with Crippen LogP contribution in [-0.4, -0.2) is 31.2 Å². The van der Waals surface area contributed by atoms with Gasteiger partial charge in [0.2, 0.25) is 0 Å².